The number of carbonyl (C=O) groups is 2. The Kier molecular flexibility index (Phi) is 4.66. The van der Waals surface area contributed by atoms with Crippen molar-refractivity contribution in [3.63, 3.8) is 0 Å². The van der Waals surface area contributed by atoms with Crippen LogP contribution in [-0.4, -0.2) is 16.6 Å². The average molecular weight is 452 g/mol. The third-order valence-electron chi connectivity index (χ3n) is 4.67. The lowest BCUT2D eigenvalue weighted by atomic mass is 10.1. The summed E-state index contributed by atoms with van der Waals surface area (Å²) in [5, 5.41) is 0.485. The summed E-state index contributed by atoms with van der Waals surface area (Å²) in [5.41, 5.74) is 2.26. The van der Waals surface area contributed by atoms with Crippen molar-refractivity contribution in [3.8, 4) is 0 Å². The zero-order valence-corrected chi connectivity index (χ0v) is 17.5. The van der Waals surface area contributed by atoms with Gasteiger partial charge in [-0.15, -0.1) is 11.3 Å². The van der Waals surface area contributed by atoms with Crippen LogP contribution in [0, 0.1) is 0 Å². The third-order valence-corrected chi connectivity index (χ3v) is 6.35. The summed E-state index contributed by atoms with van der Waals surface area (Å²) in [7, 11) is 0. The highest BCUT2D eigenvalue weighted by Crippen LogP contribution is 2.35. The maximum atomic E-state index is 12.7. The summed E-state index contributed by atoms with van der Waals surface area (Å²) in [6.45, 7) is 0. The molecule has 0 saturated carbocycles. The molecule has 2 aromatic carbocycles. The molecular weight excluding hydrogens is 441 g/mol. The first-order valence-electron chi connectivity index (χ1n) is 8.93. The van der Waals surface area contributed by atoms with Gasteiger partial charge in [-0.2, -0.15) is 4.98 Å². The molecule has 0 fully saturated rings. The van der Waals surface area contributed by atoms with Crippen LogP contribution in [0.15, 0.2) is 58.5 Å². The second kappa shape index (κ2) is 7.36. The van der Waals surface area contributed by atoms with E-state index in [2.05, 4.69) is 4.98 Å². The topological polar surface area (TPSA) is 60.2 Å². The average Bonchev–Trinajstić information content (AvgIpc) is 3.35. The van der Waals surface area contributed by atoms with Crippen molar-refractivity contribution in [2.24, 2.45) is 0 Å². The van der Waals surface area contributed by atoms with E-state index in [1.807, 2.05) is 36.4 Å². The third kappa shape index (κ3) is 3.31. The molecule has 0 radical (unpaired) electrons. The van der Waals surface area contributed by atoms with Gasteiger partial charge in [0.25, 0.3) is 0 Å². The molecule has 0 unspecified atom stereocenters. The normalized spacial score (nSPS) is 13.6. The number of benzene rings is 2. The largest absolute Gasteiger partial charge is 0.436 e. The first kappa shape index (κ1) is 19.0. The quantitative estimate of drug-likeness (QED) is 0.253. The Morgan fingerprint density at radius 2 is 1.57 bits per heavy atom. The molecule has 5 rings (SSSR count). The number of nitrogens with zero attached hydrogens (tertiary/aromatic N) is 1. The van der Waals surface area contributed by atoms with E-state index in [1.54, 1.807) is 18.2 Å². The highest BCUT2D eigenvalue weighted by atomic mass is 35.5. The number of fused-ring (bicyclic) bond motifs is 2. The van der Waals surface area contributed by atoms with Gasteiger partial charge in [0.15, 0.2) is 22.0 Å². The molecule has 0 saturated heterocycles. The fourth-order valence-corrected chi connectivity index (χ4v) is 4.46. The highest BCUT2D eigenvalue weighted by molar-refractivity contribution is 7.19. The van der Waals surface area contributed by atoms with Crippen LogP contribution >= 0.6 is 34.5 Å². The number of rotatable bonds is 3. The molecule has 0 aliphatic heterocycles. The molecule has 7 heteroatoms. The fourth-order valence-electron chi connectivity index (χ4n) is 3.23. The molecule has 0 N–H and O–H groups in total. The molecule has 0 spiro atoms. The number of Topliss-reactive ketones (excluding diaryl/α,β-unsaturated/α-hetero) is 2. The van der Waals surface area contributed by atoms with Crippen LogP contribution in [0.5, 0.6) is 0 Å². The van der Waals surface area contributed by atoms with Crippen LogP contribution in [0.3, 0.4) is 0 Å². The Balaban J connectivity index is 1.44. The summed E-state index contributed by atoms with van der Waals surface area (Å²) in [6.07, 6.45) is 5.28. The predicted octanol–water partition coefficient (Wildman–Crippen LogP) is 6.83. The summed E-state index contributed by atoms with van der Waals surface area (Å²) in [4.78, 5) is 31.2. The van der Waals surface area contributed by atoms with Crippen molar-refractivity contribution in [1.82, 2.24) is 4.98 Å². The Bertz CT molecular complexity index is 1320. The Morgan fingerprint density at radius 3 is 2.20 bits per heavy atom. The number of halogens is 2. The molecule has 1 aliphatic rings. The zero-order chi connectivity index (χ0) is 20.8. The van der Waals surface area contributed by atoms with Gasteiger partial charge in [-0.05, 0) is 29.8 Å². The van der Waals surface area contributed by atoms with Crippen molar-refractivity contribution < 1.29 is 14.0 Å². The molecule has 0 amide bonds. The number of hydrogen-bond acceptors (Lipinski definition) is 5. The summed E-state index contributed by atoms with van der Waals surface area (Å²) in [5.74, 6) is -0.236. The Hall–Kier alpha value is -2.99. The van der Waals surface area contributed by atoms with Crippen LogP contribution in [0.4, 0.5) is 0 Å². The molecule has 4 aromatic rings. The smallest absolute Gasteiger partial charge is 0.220 e. The second-order valence-electron chi connectivity index (χ2n) is 6.64. The summed E-state index contributed by atoms with van der Waals surface area (Å²) in [6, 6.07) is 14.5. The van der Waals surface area contributed by atoms with E-state index < -0.39 is 0 Å². The lowest BCUT2D eigenvalue weighted by molar-refractivity contribution is 0.0990. The Morgan fingerprint density at radius 1 is 0.900 bits per heavy atom. The van der Waals surface area contributed by atoms with Crippen LogP contribution in [0.2, 0.25) is 10.0 Å². The van der Waals surface area contributed by atoms with Gasteiger partial charge in [0.1, 0.15) is 0 Å². The molecule has 0 atom stereocenters. The van der Waals surface area contributed by atoms with Gasteiger partial charge >= 0.3 is 0 Å². The number of aromatic nitrogens is 1. The van der Waals surface area contributed by atoms with Crippen molar-refractivity contribution in [1.29, 1.82) is 0 Å². The minimum Gasteiger partial charge on any atom is -0.436 e. The van der Waals surface area contributed by atoms with Crippen LogP contribution in [0.1, 0.15) is 37.0 Å². The van der Waals surface area contributed by atoms with Crippen LogP contribution < -0.4 is 0 Å². The van der Waals surface area contributed by atoms with Crippen molar-refractivity contribution in [3.05, 3.63) is 91.6 Å². The van der Waals surface area contributed by atoms with E-state index in [-0.39, 0.29) is 38.3 Å². The monoisotopic (exact) mass is 451 g/mol. The molecule has 146 valence electrons. The standard InChI is InChI=1S/C23H11Cl2NO3S/c24-17-10-14-15(11-18(17)25)22(28)16(21(14)27)8-13-9-19-23(30-13)26-20(29-19)7-6-12-4-2-1-3-5-12/h1-11H/b7-6+. The maximum absolute atomic E-state index is 12.7. The molecule has 2 heterocycles. The number of ketones is 2. The van der Waals surface area contributed by atoms with Gasteiger partial charge < -0.3 is 4.42 Å². The predicted molar refractivity (Wildman–Crippen MR) is 120 cm³/mol. The second-order valence-corrected chi connectivity index (χ2v) is 8.52. The summed E-state index contributed by atoms with van der Waals surface area (Å²) >= 11 is 13.3. The van der Waals surface area contributed by atoms with Crippen molar-refractivity contribution in [2.45, 2.75) is 0 Å². The number of thiophene rings is 1. The van der Waals surface area contributed by atoms with Crippen LogP contribution in [0.25, 0.3) is 28.6 Å². The van der Waals surface area contributed by atoms with E-state index in [0.29, 0.717) is 21.2 Å². The fraction of sp³-hybridized carbons (Fsp3) is 0. The molecule has 2 aromatic heterocycles. The van der Waals surface area contributed by atoms with E-state index >= 15 is 0 Å². The molecular formula is C23H11Cl2NO3S. The first-order chi connectivity index (χ1) is 14.5. The van der Waals surface area contributed by atoms with Gasteiger partial charge in [-0.25, -0.2) is 0 Å². The molecule has 0 bridgehead atoms. The van der Waals surface area contributed by atoms with Gasteiger partial charge in [0, 0.05) is 28.1 Å². The van der Waals surface area contributed by atoms with Crippen molar-refractivity contribution >= 4 is 74.7 Å². The van der Waals surface area contributed by atoms with E-state index in [1.165, 1.54) is 23.5 Å². The minimum absolute atomic E-state index is 0.0800. The van der Waals surface area contributed by atoms with Gasteiger partial charge in [0.05, 0.1) is 15.6 Å². The van der Waals surface area contributed by atoms with Gasteiger partial charge in [-0.3, -0.25) is 9.59 Å². The minimum atomic E-state index is -0.363. The number of hydrogen-bond donors (Lipinski definition) is 0. The maximum Gasteiger partial charge on any atom is 0.220 e. The van der Waals surface area contributed by atoms with E-state index in [0.717, 1.165) is 5.56 Å². The molecule has 1 aliphatic carbocycles. The van der Waals surface area contributed by atoms with Crippen molar-refractivity contribution in [2.75, 3.05) is 0 Å². The number of carbonyl (C=O) groups excluding carboxylic acids is 2. The number of allylic oxidation sites excluding steroid dienone is 1. The van der Waals surface area contributed by atoms with Gasteiger partial charge in [-0.1, -0.05) is 53.5 Å². The summed E-state index contributed by atoms with van der Waals surface area (Å²) < 4.78 is 5.76. The number of oxazole rings is 1. The van der Waals surface area contributed by atoms with Crippen LogP contribution in [-0.2, 0) is 0 Å². The highest BCUT2D eigenvalue weighted by Gasteiger charge is 2.34. The SMILES string of the molecule is O=C1C(=Cc2cc3oc(/C=C/c4ccccc4)nc3s2)C(=O)c2cc(Cl)c(Cl)cc21. The van der Waals surface area contributed by atoms with E-state index in [9.17, 15) is 9.59 Å². The first-order valence-corrected chi connectivity index (χ1v) is 10.5. The van der Waals surface area contributed by atoms with E-state index in [4.69, 9.17) is 27.6 Å². The Labute approximate surface area is 185 Å². The molecule has 4 nitrogen and oxygen atoms in total. The van der Waals surface area contributed by atoms with Gasteiger partial charge in [0.2, 0.25) is 5.89 Å². The zero-order valence-electron chi connectivity index (χ0n) is 15.2. The lowest BCUT2D eigenvalue weighted by Crippen LogP contribution is -1.99. The molecule has 30 heavy (non-hydrogen) atoms. The lowest BCUT2D eigenvalue weighted by Gasteiger charge is -1.98.